The maximum atomic E-state index is 10.8. The Hall–Kier alpha value is -2.92. The van der Waals surface area contributed by atoms with E-state index >= 15 is 0 Å². The summed E-state index contributed by atoms with van der Waals surface area (Å²) in [6.45, 7) is 8.80. The van der Waals surface area contributed by atoms with Crippen LogP contribution in [0.2, 0.25) is 0 Å². The molecule has 5 heteroatoms. The van der Waals surface area contributed by atoms with Gasteiger partial charge in [-0.1, -0.05) is 47.7 Å². The molecule has 1 aliphatic rings. The largest absolute Gasteiger partial charge is 0.493 e. The van der Waals surface area contributed by atoms with Gasteiger partial charge in [0.25, 0.3) is 0 Å². The molecule has 142 valence electrons. The quantitative estimate of drug-likeness (QED) is 0.607. The van der Waals surface area contributed by atoms with Gasteiger partial charge in [-0.25, -0.2) is 4.99 Å². The number of nitrogens with zero attached hydrogens (tertiary/aromatic N) is 3. The molecular formula is C23H23N3OS. The van der Waals surface area contributed by atoms with E-state index in [1.165, 1.54) is 11.3 Å². The number of hydrogen-bond acceptors (Lipinski definition) is 4. The molecule has 4 rings (SSSR count). The second-order valence-electron chi connectivity index (χ2n) is 6.94. The zero-order valence-electron chi connectivity index (χ0n) is 16.5. The van der Waals surface area contributed by atoms with Crippen molar-refractivity contribution >= 4 is 40.1 Å². The molecule has 0 atom stereocenters. The Morgan fingerprint density at radius 1 is 1.07 bits per heavy atom. The number of hydrogen-bond donors (Lipinski definition) is 1. The maximum absolute atomic E-state index is 10.8. The van der Waals surface area contributed by atoms with Gasteiger partial charge in [-0.2, -0.15) is 0 Å². The minimum atomic E-state index is 0.252. The van der Waals surface area contributed by atoms with Crippen molar-refractivity contribution in [1.29, 1.82) is 0 Å². The Balaban J connectivity index is 1.88. The van der Waals surface area contributed by atoms with Crippen LogP contribution in [0.25, 0.3) is 11.6 Å². The lowest BCUT2D eigenvalue weighted by molar-refractivity contribution is 0.416. The standard InChI is InChI=1S/C23H23N3OS/c1-5-26-22(27)20(13-18-16(4)24-19-12-7-6-11-17(18)19)28-23(26)25-21-14(2)9-8-10-15(21)3/h6-13,27H,5H2,1-4H3. The van der Waals surface area contributed by atoms with Crippen molar-refractivity contribution in [3.8, 4) is 5.88 Å². The van der Waals surface area contributed by atoms with Crippen molar-refractivity contribution in [3.05, 3.63) is 68.8 Å². The minimum absolute atomic E-state index is 0.252. The van der Waals surface area contributed by atoms with Crippen molar-refractivity contribution in [3.63, 3.8) is 0 Å². The fourth-order valence-electron chi connectivity index (χ4n) is 3.51. The smallest absolute Gasteiger partial charge is 0.211 e. The molecule has 0 spiro atoms. The molecule has 1 aromatic heterocycles. The molecule has 1 aliphatic heterocycles. The Bertz CT molecular complexity index is 1170. The number of aliphatic imine (C=N–C) groups is 1. The number of rotatable bonds is 3. The molecule has 0 aliphatic carbocycles. The van der Waals surface area contributed by atoms with Gasteiger partial charge in [0.2, 0.25) is 5.88 Å². The van der Waals surface area contributed by atoms with Crippen molar-refractivity contribution < 1.29 is 5.11 Å². The predicted molar refractivity (Wildman–Crippen MR) is 118 cm³/mol. The van der Waals surface area contributed by atoms with Crippen molar-refractivity contribution in [2.75, 3.05) is 0 Å². The van der Waals surface area contributed by atoms with Crippen LogP contribution >= 0.6 is 11.3 Å². The van der Waals surface area contributed by atoms with E-state index in [4.69, 9.17) is 4.99 Å². The first kappa shape index (κ1) is 18.4. The highest BCUT2D eigenvalue weighted by Crippen LogP contribution is 2.37. The first-order valence-electron chi connectivity index (χ1n) is 9.40. The number of aryl methyl sites for hydroxylation is 2. The molecule has 0 fully saturated rings. The molecule has 4 nitrogen and oxygen atoms in total. The highest BCUT2D eigenvalue weighted by atomic mass is 32.1. The summed E-state index contributed by atoms with van der Waals surface area (Å²) < 4.78 is 1.86. The summed E-state index contributed by atoms with van der Waals surface area (Å²) in [6, 6.07) is 14.3. The van der Waals surface area contributed by atoms with Gasteiger partial charge in [0.15, 0.2) is 4.80 Å². The fourth-order valence-corrected chi connectivity index (χ4v) is 4.55. The van der Waals surface area contributed by atoms with E-state index in [0.717, 1.165) is 49.0 Å². The lowest BCUT2D eigenvalue weighted by Crippen LogP contribution is -2.12. The average Bonchev–Trinajstić information content (AvgIpc) is 3.15. The third-order valence-electron chi connectivity index (χ3n) is 5.02. The lowest BCUT2D eigenvalue weighted by atomic mass is 10.0. The second-order valence-corrected chi connectivity index (χ2v) is 7.95. The Labute approximate surface area is 168 Å². The molecule has 0 bridgehead atoms. The van der Waals surface area contributed by atoms with Gasteiger partial charge in [-0.15, -0.1) is 0 Å². The van der Waals surface area contributed by atoms with Crippen LogP contribution in [0.4, 0.5) is 11.4 Å². The monoisotopic (exact) mass is 389 g/mol. The summed E-state index contributed by atoms with van der Waals surface area (Å²) in [4.78, 5) is 11.1. The molecular weight excluding hydrogens is 366 g/mol. The van der Waals surface area contributed by atoms with Gasteiger partial charge >= 0.3 is 0 Å². The van der Waals surface area contributed by atoms with Gasteiger partial charge in [0.1, 0.15) is 0 Å². The van der Waals surface area contributed by atoms with Gasteiger partial charge in [0.05, 0.1) is 16.3 Å². The van der Waals surface area contributed by atoms with E-state index in [1.54, 1.807) is 0 Å². The normalized spacial score (nSPS) is 15.2. The van der Waals surface area contributed by atoms with Crippen molar-refractivity contribution in [2.24, 2.45) is 9.98 Å². The van der Waals surface area contributed by atoms with Crippen LogP contribution in [-0.2, 0) is 6.54 Å². The van der Waals surface area contributed by atoms with Crippen molar-refractivity contribution in [1.82, 2.24) is 4.57 Å². The van der Waals surface area contributed by atoms with Crippen LogP contribution < -0.4 is 4.80 Å². The molecule has 0 saturated heterocycles. The summed E-state index contributed by atoms with van der Waals surface area (Å²) in [6.07, 6.45) is 2.03. The second kappa shape index (κ2) is 7.24. The molecule has 2 heterocycles. The SMILES string of the molecule is CCn1c(O)c(C=C2C(C)=Nc3ccccc32)sc1=Nc1c(C)cccc1C. The number of aromatic nitrogens is 1. The van der Waals surface area contributed by atoms with Gasteiger partial charge in [0, 0.05) is 23.4 Å². The van der Waals surface area contributed by atoms with Crippen LogP contribution in [0, 0.1) is 13.8 Å². The van der Waals surface area contributed by atoms with Crippen LogP contribution in [0.5, 0.6) is 5.88 Å². The van der Waals surface area contributed by atoms with Crippen LogP contribution in [-0.4, -0.2) is 15.4 Å². The predicted octanol–water partition coefficient (Wildman–Crippen LogP) is 5.77. The van der Waals surface area contributed by atoms with Gasteiger partial charge < -0.3 is 5.11 Å². The van der Waals surface area contributed by atoms with E-state index in [1.807, 2.05) is 48.8 Å². The van der Waals surface area contributed by atoms with E-state index in [-0.39, 0.29) is 5.88 Å². The number of aromatic hydroxyl groups is 1. The molecule has 3 aromatic rings. The van der Waals surface area contributed by atoms with Gasteiger partial charge in [-0.3, -0.25) is 9.56 Å². The van der Waals surface area contributed by atoms with E-state index < -0.39 is 0 Å². The minimum Gasteiger partial charge on any atom is -0.493 e. The summed E-state index contributed by atoms with van der Waals surface area (Å²) in [7, 11) is 0. The first-order valence-corrected chi connectivity index (χ1v) is 10.2. The molecule has 2 aromatic carbocycles. The van der Waals surface area contributed by atoms with Crippen LogP contribution in [0.1, 0.15) is 35.4 Å². The Morgan fingerprint density at radius 3 is 2.50 bits per heavy atom. The maximum Gasteiger partial charge on any atom is 0.211 e. The molecule has 0 radical (unpaired) electrons. The lowest BCUT2D eigenvalue weighted by Gasteiger charge is -2.04. The molecule has 0 amide bonds. The fraction of sp³-hybridized carbons (Fsp3) is 0.217. The number of para-hydroxylation sites is 2. The molecule has 0 saturated carbocycles. The number of benzene rings is 2. The van der Waals surface area contributed by atoms with E-state index in [9.17, 15) is 5.11 Å². The van der Waals surface area contributed by atoms with Crippen molar-refractivity contribution in [2.45, 2.75) is 34.2 Å². The Kier molecular flexibility index (Phi) is 4.77. The zero-order valence-corrected chi connectivity index (χ0v) is 17.3. The number of thiazole rings is 1. The van der Waals surface area contributed by atoms with Gasteiger partial charge in [-0.05, 0) is 51.0 Å². The summed E-state index contributed by atoms with van der Waals surface area (Å²) in [5.74, 6) is 0.252. The average molecular weight is 390 g/mol. The van der Waals surface area contributed by atoms with Crippen LogP contribution in [0.15, 0.2) is 52.4 Å². The third kappa shape index (κ3) is 3.12. The third-order valence-corrected chi connectivity index (χ3v) is 6.03. The van der Waals surface area contributed by atoms with E-state index in [0.29, 0.717) is 6.54 Å². The Morgan fingerprint density at radius 2 is 1.79 bits per heavy atom. The zero-order chi connectivity index (χ0) is 19.8. The first-order chi connectivity index (χ1) is 13.5. The summed E-state index contributed by atoms with van der Waals surface area (Å²) in [5, 5.41) is 10.8. The molecule has 1 N–H and O–H groups in total. The summed E-state index contributed by atoms with van der Waals surface area (Å²) in [5.41, 5.74) is 7.31. The highest BCUT2D eigenvalue weighted by Gasteiger charge is 2.19. The number of fused-ring (bicyclic) bond motifs is 1. The highest BCUT2D eigenvalue weighted by molar-refractivity contribution is 7.10. The van der Waals surface area contributed by atoms with Crippen LogP contribution in [0.3, 0.4) is 0 Å². The van der Waals surface area contributed by atoms with E-state index in [2.05, 4.69) is 37.0 Å². The molecule has 0 unspecified atom stereocenters. The topological polar surface area (TPSA) is 49.9 Å². The molecule has 28 heavy (non-hydrogen) atoms. The summed E-state index contributed by atoms with van der Waals surface area (Å²) >= 11 is 1.50. The number of allylic oxidation sites excluding steroid dienone is 1.